The van der Waals surface area contributed by atoms with Crippen molar-refractivity contribution in [3.63, 3.8) is 0 Å². The quantitative estimate of drug-likeness (QED) is 0.294. The van der Waals surface area contributed by atoms with E-state index in [0.29, 0.717) is 10.7 Å². The SMILES string of the molecule is COc1ccc(-n2nc(C(F)(F)F)cc2C(=O)Nc2ccc(-c3ccccc3S(C)(=O)=O)cc2F)c(C(=O)O)c1. The number of benzene rings is 3. The van der Waals surface area contributed by atoms with E-state index in [2.05, 4.69) is 10.4 Å². The molecule has 0 aliphatic carbocycles. The molecule has 1 aromatic heterocycles. The maximum absolute atomic E-state index is 15.1. The van der Waals surface area contributed by atoms with Crippen LogP contribution in [0, 0.1) is 5.82 Å². The molecule has 40 heavy (non-hydrogen) atoms. The summed E-state index contributed by atoms with van der Waals surface area (Å²) in [5.74, 6) is -3.67. The molecule has 4 rings (SSSR count). The highest BCUT2D eigenvalue weighted by atomic mass is 32.2. The molecule has 0 unspecified atom stereocenters. The minimum absolute atomic E-state index is 0.0523. The summed E-state index contributed by atoms with van der Waals surface area (Å²) in [4.78, 5) is 24.8. The highest BCUT2D eigenvalue weighted by Gasteiger charge is 2.37. The lowest BCUT2D eigenvalue weighted by molar-refractivity contribution is -0.141. The Morgan fingerprint density at radius 2 is 1.73 bits per heavy atom. The van der Waals surface area contributed by atoms with E-state index in [4.69, 9.17) is 4.74 Å². The van der Waals surface area contributed by atoms with Gasteiger partial charge in [0.1, 0.15) is 17.3 Å². The van der Waals surface area contributed by atoms with Crippen molar-refractivity contribution in [1.82, 2.24) is 9.78 Å². The number of nitrogens with zero attached hydrogens (tertiary/aromatic N) is 2. The Morgan fingerprint density at radius 1 is 1.02 bits per heavy atom. The van der Waals surface area contributed by atoms with Crippen molar-refractivity contribution >= 4 is 27.4 Å². The molecule has 208 valence electrons. The maximum Gasteiger partial charge on any atom is 0.435 e. The molecule has 0 saturated carbocycles. The lowest BCUT2D eigenvalue weighted by Gasteiger charge is -2.13. The Kier molecular flexibility index (Phi) is 7.39. The summed E-state index contributed by atoms with van der Waals surface area (Å²) in [6.07, 6.45) is -4.00. The van der Waals surface area contributed by atoms with Crippen LogP contribution in [-0.2, 0) is 16.0 Å². The fourth-order valence-electron chi connectivity index (χ4n) is 3.86. The number of hydrogen-bond acceptors (Lipinski definition) is 6. The highest BCUT2D eigenvalue weighted by molar-refractivity contribution is 7.90. The number of hydrogen-bond donors (Lipinski definition) is 2. The first-order valence-corrected chi connectivity index (χ1v) is 13.1. The zero-order valence-electron chi connectivity index (χ0n) is 20.7. The van der Waals surface area contributed by atoms with E-state index in [0.717, 1.165) is 30.5 Å². The number of rotatable bonds is 7. The zero-order chi connectivity index (χ0) is 29.4. The molecule has 0 saturated heterocycles. The van der Waals surface area contributed by atoms with Gasteiger partial charge in [0, 0.05) is 17.9 Å². The fraction of sp³-hybridized carbons (Fsp3) is 0.115. The lowest BCUT2D eigenvalue weighted by Crippen LogP contribution is -2.19. The molecule has 0 radical (unpaired) electrons. The van der Waals surface area contributed by atoms with Crippen LogP contribution in [0.5, 0.6) is 5.75 Å². The topological polar surface area (TPSA) is 128 Å². The van der Waals surface area contributed by atoms with Crippen molar-refractivity contribution in [3.8, 4) is 22.6 Å². The van der Waals surface area contributed by atoms with Crippen molar-refractivity contribution in [3.05, 3.63) is 89.5 Å². The molecule has 4 aromatic rings. The third-order valence-electron chi connectivity index (χ3n) is 5.71. The van der Waals surface area contributed by atoms with Crippen LogP contribution in [0.1, 0.15) is 26.5 Å². The van der Waals surface area contributed by atoms with Gasteiger partial charge in [-0.25, -0.2) is 22.3 Å². The number of carbonyl (C=O) groups is 2. The van der Waals surface area contributed by atoms with Crippen LogP contribution in [0.2, 0.25) is 0 Å². The number of anilines is 1. The number of carbonyl (C=O) groups excluding carboxylic acids is 1. The molecule has 1 heterocycles. The van der Waals surface area contributed by atoms with E-state index in [9.17, 15) is 36.3 Å². The summed E-state index contributed by atoms with van der Waals surface area (Å²) in [5, 5.41) is 15.2. The summed E-state index contributed by atoms with van der Waals surface area (Å²) in [6.45, 7) is 0. The first-order valence-electron chi connectivity index (χ1n) is 11.2. The van der Waals surface area contributed by atoms with Crippen molar-refractivity contribution in [2.24, 2.45) is 0 Å². The number of carboxylic acid groups (broad SMARTS) is 1. The van der Waals surface area contributed by atoms with E-state index < -0.39 is 56.3 Å². The summed E-state index contributed by atoms with van der Waals surface area (Å²) >= 11 is 0. The van der Waals surface area contributed by atoms with E-state index in [-0.39, 0.29) is 27.5 Å². The number of ether oxygens (including phenoxy) is 1. The van der Waals surface area contributed by atoms with E-state index in [1.807, 2.05) is 0 Å². The van der Waals surface area contributed by atoms with E-state index in [1.165, 1.54) is 37.4 Å². The van der Waals surface area contributed by atoms with E-state index in [1.54, 1.807) is 6.07 Å². The zero-order valence-corrected chi connectivity index (χ0v) is 21.5. The number of carboxylic acids is 1. The number of amides is 1. The standard InChI is InChI=1S/C26H19F4N3O6S/c1-39-15-8-10-20(17(12-15)25(35)36)33-21(13-23(32-33)26(28,29)30)24(34)31-19-9-7-14(11-18(19)27)16-5-3-4-6-22(16)40(2,37)38/h3-13H,1-2H3,(H,31,34)(H,35,36). The van der Waals surface area contributed by atoms with Gasteiger partial charge < -0.3 is 15.2 Å². The predicted molar refractivity (Wildman–Crippen MR) is 135 cm³/mol. The minimum atomic E-state index is -4.99. The highest BCUT2D eigenvalue weighted by Crippen LogP contribution is 2.33. The molecule has 0 aliphatic rings. The lowest BCUT2D eigenvalue weighted by atomic mass is 10.0. The average Bonchev–Trinajstić information content (AvgIpc) is 3.35. The van der Waals surface area contributed by atoms with Crippen LogP contribution in [0.4, 0.5) is 23.2 Å². The van der Waals surface area contributed by atoms with Gasteiger partial charge in [-0.2, -0.15) is 18.3 Å². The Morgan fingerprint density at radius 3 is 2.33 bits per heavy atom. The van der Waals surface area contributed by atoms with Crippen molar-refractivity contribution in [1.29, 1.82) is 0 Å². The van der Waals surface area contributed by atoms with Gasteiger partial charge in [-0.1, -0.05) is 24.3 Å². The van der Waals surface area contributed by atoms with Gasteiger partial charge in [0.05, 0.1) is 28.9 Å². The molecule has 0 fully saturated rings. The van der Waals surface area contributed by atoms with Crippen LogP contribution >= 0.6 is 0 Å². The van der Waals surface area contributed by atoms with Gasteiger partial charge in [-0.05, 0) is 42.0 Å². The second-order valence-electron chi connectivity index (χ2n) is 8.43. The van der Waals surface area contributed by atoms with Crippen LogP contribution in [0.25, 0.3) is 16.8 Å². The molecule has 1 amide bonds. The number of alkyl halides is 3. The van der Waals surface area contributed by atoms with E-state index >= 15 is 4.39 Å². The first kappa shape index (κ1) is 28.3. The van der Waals surface area contributed by atoms with Crippen LogP contribution in [0.15, 0.2) is 71.6 Å². The molecule has 2 N–H and O–H groups in total. The predicted octanol–water partition coefficient (Wildman–Crippen LogP) is 5.06. The first-order chi connectivity index (χ1) is 18.7. The molecule has 0 bridgehead atoms. The van der Waals surface area contributed by atoms with Crippen LogP contribution < -0.4 is 10.1 Å². The number of nitrogens with one attached hydrogen (secondary N) is 1. The largest absolute Gasteiger partial charge is 0.497 e. The normalized spacial score (nSPS) is 11.8. The average molecular weight is 578 g/mol. The van der Waals surface area contributed by atoms with Gasteiger partial charge in [0.25, 0.3) is 5.91 Å². The molecule has 0 aliphatic heterocycles. The van der Waals surface area contributed by atoms with Crippen molar-refractivity contribution in [2.45, 2.75) is 11.1 Å². The molecular formula is C26H19F4N3O6S. The van der Waals surface area contributed by atoms with Crippen molar-refractivity contribution < 1.29 is 45.4 Å². The molecule has 0 atom stereocenters. The van der Waals surface area contributed by atoms with Crippen LogP contribution in [0.3, 0.4) is 0 Å². The monoisotopic (exact) mass is 577 g/mol. The molecule has 14 heteroatoms. The van der Waals surface area contributed by atoms with Gasteiger partial charge in [0.15, 0.2) is 15.5 Å². The fourth-order valence-corrected chi connectivity index (χ4v) is 4.77. The molecule has 3 aromatic carbocycles. The Bertz CT molecular complexity index is 1750. The van der Waals surface area contributed by atoms with Crippen LogP contribution in [-0.4, -0.2) is 48.5 Å². The molecular weight excluding hydrogens is 558 g/mol. The number of aromatic carboxylic acids is 1. The Hall–Kier alpha value is -4.72. The third kappa shape index (κ3) is 5.66. The summed E-state index contributed by atoms with van der Waals surface area (Å²) in [6, 6.07) is 13.1. The second-order valence-corrected chi connectivity index (χ2v) is 10.4. The third-order valence-corrected chi connectivity index (χ3v) is 6.86. The summed E-state index contributed by atoms with van der Waals surface area (Å²) in [5.41, 5.74) is -3.16. The molecule has 9 nitrogen and oxygen atoms in total. The maximum atomic E-state index is 15.1. The number of methoxy groups -OCH3 is 1. The molecule has 0 spiro atoms. The number of aromatic nitrogens is 2. The van der Waals surface area contributed by atoms with Gasteiger partial charge in [0.2, 0.25) is 0 Å². The second kappa shape index (κ2) is 10.4. The minimum Gasteiger partial charge on any atom is -0.497 e. The van der Waals surface area contributed by atoms with Crippen molar-refractivity contribution in [2.75, 3.05) is 18.7 Å². The smallest absolute Gasteiger partial charge is 0.435 e. The number of sulfone groups is 1. The summed E-state index contributed by atoms with van der Waals surface area (Å²) < 4.78 is 85.3. The Balaban J connectivity index is 1.76. The number of halogens is 4. The summed E-state index contributed by atoms with van der Waals surface area (Å²) in [7, 11) is -2.40. The Labute approximate surface area is 224 Å². The van der Waals surface area contributed by atoms with Gasteiger partial charge in [-0.3, -0.25) is 4.79 Å². The van der Waals surface area contributed by atoms with Gasteiger partial charge in [-0.15, -0.1) is 0 Å². The van der Waals surface area contributed by atoms with Gasteiger partial charge >= 0.3 is 12.1 Å².